The zero-order valence-corrected chi connectivity index (χ0v) is 17.0. The Morgan fingerprint density at radius 3 is 2.24 bits per heavy atom. The van der Waals surface area contributed by atoms with Gasteiger partial charge in [0.05, 0.1) is 7.11 Å². The highest BCUT2D eigenvalue weighted by Crippen LogP contribution is 2.37. The van der Waals surface area contributed by atoms with Gasteiger partial charge in [0.2, 0.25) is 11.8 Å². The van der Waals surface area contributed by atoms with Crippen LogP contribution in [0, 0.1) is 0 Å². The number of hydrogen-bond donors (Lipinski definition) is 2. The summed E-state index contributed by atoms with van der Waals surface area (Å²) in [5.74, 6) is 0.400. The average molecular weight is 407 g/mol. The Morgan fingerprint density at radius 2 is 1.55 bits per heavy atom. The number of rotatable bonds is 7. The number of methoxy groups -OCH3 is 1. The Balaban J connectivity index is 1.85. The van der Waals surface area contributed by atoms with Crippen molar-refractivity contribution in [2.24, 2.45) is 0 Å². The summed E-state index contributed by atoms with van der Waals surface area (Å²) in [6.07, 6.45) is 0. The first-order valence-electron chi connectivity index (χ1n) is 9.09. The van der Waals surface area contributed by atoms with Crippen molar-refractivity contribution in [2.45, 2.75) is 17.1 Å². The fourth-order valence-corrected chi connectivity index (χ4v) is 3.88. The van der Waals surface area contributed by atoms with Crippen molar-refractivity contribution < 1.29 is 14.3 Å². The smallest absolute Gasteiger partial charge is 0.242 e. The lowest BCUT2D eigenvalue weighted by molar-refractivity contribution is -0.116. The predicted octanol–water partition coefficient (Wildman–Crippen LogP) is 5.13. The van der Waals surface area contributed by atoms with Crippen molar-refractivity contribution in [3.8, 4) is 5.75 Å². The molecule has 0 heterocycles. The summed E-state index contributed by atoms with van der Waals surface area (Å²) in [6, 6.07) is 24.3. The summed E-state index contributed by atoms with van der Waals surface area (Å²) in [7, 11) is 1.59. The molecule has 0 aliphatic carbocycles. The maximum absolute atomic E-state index is 13.1. The molecular formula is C23H22N2O3S. The fourth-order valence-electron chi connectivity index (χ4n) is 2.80. The van der Waals surface area contributed by atoms with Gasteiger partial charge < -0.3 is 15.4 Å². The number of carbonyl (C=O) groups is 2. The summed E-state index contributed by atoms with van der Waals surface area (Å²) in [6.45, 7) is 1.47. The largest absolute Gasteiger partial charge is 0.497 e. The zero-order valence-electron chi connectivity index (χ0n) is 16.2. The van der Waals surface area contributed by atoms with Crippen molar-refractivity contribution >= 4 is 35.0 Å². The van der Waals surface area contributed by atoms with E-state index in [-0.39, 0.29) is 11.8 Å². The van der Waals surface area contributed by atoms with Crippen LogP contribution in [0.4, 0.5) is 11.4 Å². The summed E-state index contributed by atoms with van der Waals surface area (Å²) in [4.78, 5) is 25.4. The first-order chi connectivity index (χ1) is 14.0. The molecule has 3 aromatic rings. The van der Waals surface area contributed by atoms with Crippen molar-refractivity contribution in [2.75, 3.05) is 17.7 Å². The number of amides is 2. The molecule has 2 amide bonds. The van der Waals surface area contributed by atoms with E-state index in [2.05, 4.69) is 10.6 Å². The Bertz CT molecular complexity index is 992. The monoisotopic (exact) mass is 406 g/mol. The Labute approximate surface area is 174 Å². The van der Waals surface area contributed by atoms with Gasteiger partial charge in [0.1, 0.15) is 11.0 Å². The number of ether oxygens (including phenoxy) is 1. The molecule has 5 nitrogen and oxygen atoms in total. The van der Waals surface area contributed by atoms with Gasteiger partial charge in [-0.2, -0.15) is 0 Å². The molecule has 0 aliphatic rings. The van der Waals surface area contributed by atoms with Gasteiger partial charge in [-0.3, -0.25) is 9.59 Å². The van der Waals surface area contributed by atoms with Gasteiger partial charge in [0.15, 0.2) is 0 Å². The minimum absolute atomic E-state index is 0.137. The normalized spacial score (nSPS) is 11.4. The van der Waals surface area contributed by atoms with E-state index in [0.717, 1.165) is 10.5 Å². The lowest BCUT2D eigenvalue weighted by Gasteiger charge is -2.18. The Hall–Kier alpha value is -3.25. The second-order valence-corrected chi connectivity index (χ2v) is 7.52. The number of carbonyl (C=O) groups excluding carboxylic acids is 2. The second-order valence-electron chi connectivity index (χ2n) is 6.34. The van der Waals surface area contributed by atoms with E-state index in [4.69, 9.17) is 4.74 Å². The van der Waals surface area contributed by atoms with E-state index < -0.39 is 5.25 Å². The molecule has 29 heavy (non-hydrogen) atoms. The van der Waals surface area contributed by atoms with E-state index in [0.29, 0.717) is 17.1 Å². The van der Waals surface area contributed by atoms with Gasteiger partial charge in [-0.15, -0.1) is 11.8 Å². The number of benzene rings is 3. The lowest BCUT2D eigenvalue weighted by atomic mass is 10.1. The fraction of sp³-hybridized carbons (Fsp3) is 0.130. The van der Waals surface area contributed by atoms with Gasteiger partial charge in [-0.1, -0.05) is 42.5 Å². The standard InChI is InChI=1S/C23H22N2O3S/c1-16(26)24-19-11-7-13-21(15-19)29-22(17-8-4-3-5-9-17)23(27)25-18-10-6-12-20(14-18)28-2/h3-15,22H,1-2H3,(H,24,26)(H,25,27). The predicted molar refractivity (Wildman–Crippen MR) is 117 cm³/mol. The van der Waals surface area contributed by atoms with Crippen LogP contribution < -0.4 is 15.4 Å². The van der Waals surface area contributed by atoms with Crippen LogP contribution in [0.15, 0.2) is 83.8 Å². The van der Waals surface area contributed by atoms with E-state index >= 15 is 0 Å². The summed E-state index contributed by atoms with van der Waals surface area (Å²) >= 11 is 1.43. The molecule has 0 aliphatic heterocycles. The van der Waals surface area contributed by atoms with Crippen molar-refractivity contribution in [1.29, 1.82) is 0 Å². The highest BCUT2D eigenvalue weighted by molar-refractivity contribution is 8.00. The van der Waals surface area contributed by atoms with Crippen molar-refractivity contribution in [1.82, 2.24) is 0 Å². The highest BCUT2D eigenvalue weighted by Gasteiger charge is 2.22. The summed E-state index contributed by atoms with van der Waals surface area (Å²) < 4.78 is 5.23. The molecule has 0 fully saturated rings. The molecule has 0 spiro atoms. The molecule has 3 aromatic carbocycles. The highest BCUT2D eigenvalue weighted by atomic mass is 32.2. The maximum atomic E-state index is 13.1. The lowest BCUT2D eigenvalue weighted by Crippen LogP contribution is -2.19. The van der Waals surface area contributed by atoms with Crippen LogP contribution >= 0.6 is 11.8 Å². The average Bonchev–Trinajstić information content (AvgIpc) is 2.72. The third-order valence-electron chi connectivity index (χ3n) is 4.09. The molecule has 3 rings (SSSR count). The first-order valence-corrected chi connectivity index (χ1v) is 9.97. The molecule has 0 saturated heterocycles. The second kappa shape index (κ2) is 9.80. The molecule has 6 heteroatoms. The molecule has 0 radical (unpaired) electrons. The van der Waals surface area contributed by atoms with Crippen LogP contribution in [-0.4, -0.2) is 18.9 Å². The van der Waals surface area contributed by atoms with E-state index in [1.807, 2.05) is 72.8 Å². The van der Waals surface area contributed by atoms with Crippen LogP contribution in [0.5, 0.6) is 5.75 Å². The van der Waals surface area contributed by atoms with Crippen molar-refractivity contribution in [3.63, 3.8) is 0 Å². The molecule has 0 aromatic heterocycles. The minimum atomic E-state index is -0.463. The number of hydrogen-bond acceptors (Lipinski definition) is 4. The number of anilines is 2. The number of nitrogens with one attached hydrogen (secondary N) is 2. The first kappa shape index (κ1) is 20.5. The molecule has 148 valence electrons. The molecule has 1 atom stereocenters. The maximum Gasteiger partial charge on any atom is 0.242 e. The van der Waals surface area contributed by atoms with Gasteiger partial charge in [0, 0.05) is 29.3 Å². The SMILES string of the molecule is COc1cccc(NC(=O)C(Sc2cccc(NC(C)=O)c2)c2ccccc2)c1. The van der Waals surface area contributed by atoms with E-state index in [1.165, 1.54) is 18.7 Å². The molecule has 0 bridgehead atoms. The van der Waals surface area contributed by atoms with Crippen LogP contribution in [0.2, 0.25) is 0 Å². The van der Waals surface area contributed by atoms with Gasteiger partial charge in [-0.25, -0.2) is 0 Å². The third-order valence-corrected chi connectivity index (χ3v) is 5.33. The quantitative estimate of drug-likeness (QED) is 0.534. The zero-order chi connectivity index (χ0) is 20.6. The van der Waals surface area contributed by atoms with Gasteiger partial charge in [-0.05, 0) is 35.9 Å². The van der Waals surface area contributed by atoms with Crippen LogP contribution in [-0.2, 0) is 9.59 Å². The van der Waals surface area contributed by atoms with Crippen LogP contribution in [0.25, 0.3) is 0 Å². The Kier molecular flexibility index (Phi) is 6.92. The minimum Gasteiger partial charge on any atom is -0.497 e. The molecular weight excluding hydrogens is 384 g/mol. The third kappa shape index (κ3) is 5.86. The van der Waals surface area contributed by atoms with E-state index in [1.54, 1.807) is 13.2 Å². The summed E-state index contributed by atoms with van der Waals surface area (Å²) in [5, 5.41) is 5.28. The summed E-state index contributed by atoms with van der Waals surface area (Å²) in [5.41, 5.74) is 2.26. The van der Waals surface area contributed by atoms with E-state index in [9.17, 15) is 9.59 Å². The van der Waals surface area contributed by atoms with Crippen molar-refractivity contribution in [3.05, 3.63) is 84.4 Å². The molecule has 0 saturated carbocycles. The molecule has 1 unspecified atom stereocenters. The number of thioether (sulfide) groups is 1. The van der Waals surface area contributed by atoms with Crippen LogP contribution in [0.1, 0.15) is 17.7 Å². The topological polar surface area (TPSA) is 67.4 Å². The van der Waals surface area contributed by atoms with Crippen LogP contribution in [0.3, 0.4) is 0 Å². The molecule has 2 N–H and O–H groups in total. The Morgan fingerprint density at radius 1 is 0.862 bits per heavy atom. The van der Waals surface area contributed by atoms with Gasteiger partial charge >= 0.3 is 0 Å². The van der Waals surface area contributed by atoms with Gasteiger partial charge in [0.25, 0.3) is 0 Å².